The fraction of sp³-hybridized carbons (Fsp3) is 0.250. The van der Waals surface area contributed by atoms with E-state index in [0.717, 1.165) is 36.3 Å². The Morgan fingerprint density at radius 3 is 2.48 bits per heavy atom. The number of halogens is 1. The van der Waals surface area contributed by atoms with Gasteiger partial charge >= 0.3 is 0 Å². The van der Waals surface area contributed by atoms with E-state index < -0.39 is 0 Å². The highest BCUT2D eigenvalue weighted by molar-refractivity contribution is 5.60. The van der Waals surface area contributed by atoms with E-state index in [4.69, 9.17) is 4.74 Å². The Kier molecular flexibility index (Phi) is 5.46. The summed E-state index contributed by atoms with van der Waals surface area (Å²) in [6.07, 6.45) is 4.36. The maximum Gasteiger partial charge on any atom is 0.269 e. The van der Waals surface area contributed by atoms with Crippen LogP contribution < -0.4 is 21.7 Å². The maximum atomic E-state index is 10.8. The number of non-ortho nitro benzene ring substituents is 1. The number of imidazole rings is 1. The van der Waals surface area contributed by atoms with Crippen LogP contribution in [0.3, 0.4) is 0 Å². The van der Waals surface area contributed by atoms with Gasteiger partial charge in [-0.05, 0) is 48.4 Å². The molecule has 0 saturated carbocycles. The van der Waals surface area contributed by atoms with Crippen LogP contribution >= 0.6 is 0 Å². The third-order valence-electron chi connectivity index (χ3n) is 4.88. The molecule has 0 radical (unpaired) electrons. The molecule has 140 valence electrons. The number of hydrogen-bond acceptors (Lipinski definition) is 3. The Hall–Kier alpha value is -2.86. The van der Waals surface area contributed by atoms with Gasteiger partial charge in [-0.15, -0.1) is 0 Å². The van der Waals surface area contributed by atoms with E-state index in [1.54, 1.807) is 19.2 Å². The number of aromatic nitrogens is 2. The standard InChI is InChI=1S/C20H20N3O3.ClH/c1-26-18-10-6-16(7-11-18)19-14-21(20-3-2-12-22(19)20)13-15-4-8-17(9-5-15)23(24)25;/h4-11,14H,2-3,12-13H2,1H3;1H/q+1;/p-1. The molecule has 0 unspecified atom stereocenters. The zero-order valence-electron chi connectivity index (χ0n) is 15.0. The molecule has 4 rings (SSSR count). The molecule has 2 heterocycles. The zero-order chi connectivity index (χ0) is 18.1. The molecule has 1 aromatic heterocycles. The van der Waals surface area contributed by atoms with E-state index in [1.165, 1.54) is 11.5 Å². The summed E-state index contributed by atoms with van der Waals surface area (Å²) in [6.45, 7) is 1.73. The van der Waals surface area contributed by atoms with Crippen LogP contribution in [-0.4, -0.2) is 16.6 Å². The minimum Gasteiger partial charge on any atom is -1.00 e. The van der Waals surface area contributed by atoms with Crippen LogP contribution in [0.1, 0.15) is 17.8 Å². The number of fused-ring (bicyclic) bond motifs is 1. The van der Waals surface area contributed by atoms with Gasteiger partial charge in [0.2, 0.25) is 0 Å². The second-order valence-electron chi connectivity index (χ2n) is 6.47. The van der Waals surface area contributed by atoms with Crippen LogP contribution in [0, 0.1) is 10.1 Å². The number of hydrogen-bond donors (Lipinski definition) is 0. The highest BCUT2D eigenvalue weighted by Crippen LogP contribution is 2.26. The Bertz CT molecular complexity index is 950. The summed E-state index contributed by atoms with van der Waals surface area (Å²) in [5.41, 5.74) is 3.54. The van der Waals surface area contributed by atoms with Crippen molar-refractivity contribution < 1.29 is 26.6 Å². The van der Waals surface area contributed by atoms with Gasteiger partial charge in [-0.25, -0.2) is 9.13 Å². The highest BCUT2D eigenvalue weighted by Gasteiger charge is 2.28. The van der Waals surface area contributed by atoms with Crippen LogP contribution in [0.5, 0.6) is 5.75 Å². The maximum absolute atomic E-state index is 10.8. The van der Waals surface area contributed by atoms with E-state index in [-0.39, 0.29) is 23.0 Å². The molecule has 2 aromatic carbocycles. The molecule has 0 bridgehead atoms. The first-order valence-corrected chi connectivity index (χ1v) is 8.65. The van der Waals surface area contributed by atoms with Gasteiger partial charge in [0.05, 0.1) is 25.0 Å². The summed E-state index contributed by atoms with van der Waals surface area (Å²) in [5, 5.41) is 10.8. The molecule has 0 atom stereocenters. The average molecular weight is 386 g/mol. The third-order valence-corrected chi connectivity index (χ3v) is 4.88. The van der Waals surface area contributed by atoms with Crippen LogP contribution in [0.25, 0.3) is 11.3 Å². The highest BCUT2D eigenvalue weighted by atomic mass is 35.5. The fourth-order valence-corrected chi connectivity index (χ4v) is 3.56. The normalized spacial score (nSPS) is 12.3. The number of benzene rings is 2. The molecule has 3 aromatic rings. The molecular formula is C20H20ClN3O3. The van der Waals surface area contributed by atoms with Crippen molar-refractivity contribution in [1.29, 1.82) is 0 Å². The van der Waals surface area contributed by atoms with Crippen molar-refractivity contribution in [2.24, 2.45) is 0 Å². The van der Waals surface area contributed by atoms with Crippen LogP contribution in [0.4, 0.5) is 5.69 Å². The van der Waals surface area contributed by atoms with Crippen molar-refractivity contribution in [3.8, 4) is 17.0 Å². The second-order valence-corrected chi connectivity index (χ2v) is 6.47. The van der Waals surface area contributed by atoms with Gasteiger partial charge in [0.15, 0.2) is 5.69 Å². The summed E-state index contributed by atoms with van der Waals surface area (Å²) in [4.78, 5) is 10.5. The number of nitro benzene ring substituents is 1. The molecule has 6 nitrogen and oxygen atoms in total. The van der Waals surface area contributed by atoms with Crippen molar-refractivity contribution in [2.45, 2.75) is 25.9 Å². The van der Waals surface area contributed by atoms with E-state index in [9.17, 15) is 10.1 Å². The monoisotopic (exact) mass is 385 g/mol. The van der Waals surface area contributed by atoms with E-state index >= 15 is 0 Å². The fourth-order valence-electron chi connectivity index (χ4n) is 3.56. The van der Waals surface area contributed by atoms with Crippen LogP contribution in [0.15, 0.2) is 54.7 Å². The molecule has 0 aliphatic carbocycles. The molecule has 0 N–H and O–H groups in total. The van der Waals surface area contributed by atoms with Gasteiger partial charge in [0, 0.05) is 17.7 Å². The first-order chi connectivity index (χ1) is 12.7. The predicted molar refractivity (Wildman–Crippen MR) is 97.1 cm³/mol. The van der Waals surface area contributed by atoms with E-state index in [1.807, 2.05) is 24.3 Å². The molecule has 27 heavy (non-hydrogen) atoms. The number of rotatable bonds is 5. The van der Waals surface area contributed by atoms with Crippen molar-refractivity contribution >= 4 is 5.69 Å². The zero-order valence-corrected chi connectivity index (χ0v) is 15.7. The first kappa shape index (κ1) is 18.9. The molecule has 1 aliphatic heterocycles. The lowest BCUT2D eigenvalue weighted by Gasteiger charge is -2.01. The molecule has 0 spiro atoms. The number of methoxy groups -OCH3 is 1. The average Bonchev–Trinajstić information content (AvgIpc) is 3.26. The minimum absolute atomic E-state index is 0. The molecule has 0 fully saturated rings. The van der Waals surface area contributed by atoms with Crippen LogP contribution in [0.2, 0.25) is 0 Å². The van der Waals surface area contributed by atoms with Crippen molar-refractivity contribution in [2.75, 3.05) is 7.11 Å². The smallest absolute Gasteiger partial charge is 0.269 e. The lowest BCUT2D eigenvalue weighted by molar-refractivity contribution is -0.694. The quantitative estimate of drug-likeness (QED) is 0.362. The molecule has 0 amide bonds. The van der Waals surface area contributed by atoms with Gasteiger partial charge in [-0.3, -0.25) is 10.1 Å². The summed E-state index contributed by atoms with van der Waals surface area (Å²) >= 11 is 0. The van der Waals surface area contributed by atoms with Crippen molar-refractivity contribution in [1.82, 2.24) is 4.57 Å². The summed E-state index contributed by atoms with van der Waals surface area (Å²) in [7, 11) is 1.67. The largest absolute Gasteiger partial charge is 1.00 e. The lowest BCUT2D eigenvalue weighted by atomic mass is 10.1. The van der Waals surface area contributed by atoms with Crippen molar-refractivity contribution in [3.63, 3.8) is 0 Å². The third kappa shape index (κ3) is 3.66. The summed E-state index contributed by atoms with van der Waals surface area (Å²) in [6, 6.07) is 14.9. The number of nitrogens with zero attached hydrogens (tertiary/aromatic N) is 3. The predicted octanol–water partition coefficient (Wildman–Crippen LogP) is 0.358. The van der Waals surface area contributed by atoms with Crippen LogP contribution in [-0.2, 0) is 19.5 Å². The van der Waals surface area contributed by atoms with Gasteiger partial charge in [0.1, 0.15) is 18.5 Å². The Labute approximate surface area is 163 Å². The Balaban J connectivity index is 0.00000210. The first-order valence-electron chi connectivity index (χ1n) is 8.65. The Morgan fingerprint density at radius 1 is 1.15 bits per heavy atom. The SMILES string of the molecule is COc1ccc(-c2c[n+](Cc3ccc([N+](=O)[O-])cc3)c3n2CCC3)cc1.[Cl-]. The number of nitro groups is 1. The topological polar surface area (TPSA) is 61.2 Å². The van der Waals surface area contributed by atoms with Gasteiger partial charge in [-0.1, -0.05) is 0 Å². The molecule has 7 heteroatoms. The summed E-state index contributed by atoms with van der Waals surface area (Å²) in [5.74, 6) is 2.15. The van der Waals surface area contributed by atoms with Gasteiger partial charge in [0.25, 0.3) is 11.5 Å². The van der Waals surface area contributed by atoms with Gasteiger partial charge in [-0.2, -0.15) is 0 Å². The molecule has 1 aliphatic rings. The summed E-state index contributed by atoms with van der Waals surface area (Å²) < 4.78 is 9.87. The van der Waals surface area contributed by atoms with E-state index in [2.05, 4.69) is 27.5 Å². The van der Waals surface area contributed by atoms with Crippen molar-refractivity contribution in [3.05, 3.63) is 76.2 Å². The Morgan fingerprint density at radius 2 is 1.85 bits per heavy atom. The molecular weight excluding hydrogens is 366 g/mol. The molecule has 0 saturated heterocycles. The van der Waals surface area contributed by atoms with Gasteiger partial charge < -0.3 is 17.1 Å². The van der Waals surface area contributed by atoms with E-state index in [0.29, 0.717) is 6.54 Å². The lowest BCUT2D eigenvalue weighted by Crippen LogP contribution is -3.00. The second kappa shape index (κ2) is 7.80. The minimum atomic E-state index is -0.366. The number of ether oxygens (including phenoxy) is 1.